The standard InChI is InChI=1S/C13H15Cl2N/c1-9(8-16-12-4-5-12)6-10-2-3-11(14)7-13(10)15/h2-3,6-7,12,16H,4-5,8H2,1H3. The second kappa shape index (κ2) is 5.22. The summed E-state index contributed by atoms with van der Waals surface area (Å²) < 4.78 is 0. The van der Waals surface area contributed by atoms with E-state index in [1.807, 2.05) is 12.1 Å². The van der Waals surface area contributed by atoms with Gasteiger partial charge in [0.25, 0.3) is 0 Å². The van der Waals surface area contributed by atoms with E-state index in [9.17, 15) is 0 Å². The van der Waals surface area contributed by atoms with Gasteiger partial charge in [0.15, 0.2) is 0 Å². The van der Waals surface area contributed by atoms with Crippen molar-refractivity contribution in [2.75, 3.05) is 6.54 Å². The van der Waals surface area contributed by atoms with Gasteiger partial charge in [-0.05, 0) is 37.5 Å². The zero-order valence-corrected chi connectivity index (χ0v) is 10.8. The fourth-order valence-electron chi connectivity index (χ4n) is 1.53. The van der Waals surface area contributed by atoms with Crippen LogP contribution < -0.4 is 5.32 Å². The Bertz CT molecular complexity index is 408. The summed E-state index contributed by atoms with van der Waals surface area (Å²) in [6.07, 6.45) is 4.73. The molecule has 86 valence electrons. The first-order chi connectivity index (χ1) is 7.65. The van der Waals surface area contributed by atoms with E-state index in [4.69, 9.17) is 23.2 Å². The molecule has 0 aliphatic heterocycles. The second-order valence-electron chi connectivity index (χ2n) is 4.31. The normalized spacial score (nSPS) is 16.6. The lowest BCUT2D eigenvalue weighted by Gasteiger charge is -2.04. The molecule has 1 saturated carbocycles. The van der Waals surface area contributed by atoms with Crippen LogP contribution in [0, 0.1) is 0 Å². The first-order valence-electron chi connectivity index (χ1n) is 5.51. The molecule has 0 amide bonds. The van der Waals surface area contributed by atoms with Crippen LogP contribution in [0.3, 0.4) is 0 Å². The van der Waals surface area contributed by atoms with E-state index < -0.39 is 0 Å². The van der Waals surface area contributed by atoms with Crippen molar-refractivity contribution in [3.05, 3.63) is 39.4 Å². The highest BCUT2D eigenvalue weighted by atomic mass is 35.5. The summed E-state index contributed by atoms with van der Waals surface area (Å²) in [4.78, 5) is 0. The minimum Gasteiger partial charge on any atom is -0.310 e. The number of halogens is 2. The van der Waals surface area contributed by atoms with Gasteiger partial charge >= 0.3 is 0 Å². The van der Waals surface area contributed by atoms with E-state index in [1.54, 1.807) is 6.07 Å². The quantitative estimate of drug-likeness (QED) is 0.853. The maximum absolute atomic E-state index is 6.10. The molecule has 1 fully saturated rings. The fourth-order valence-corrected chi connectivity index (χ4v) is 1.99. The van der Waals surface area contributed by atoms with Crippen LogP contribution in [0.1, 0.15) is 25.3 Å². The van der Waals surface area contributed by atoms with Crippen LogP contribution in [0.4, 0.5) is 0 Å². The molecule has 0 bridgehead atoms. The molecule has 0 spiro atoms. The van der Waals surface area contributed by atoms with Crippen LogP contribution in [-0.4, -0.2) is 12.6 Å². The lowest BCUT2D eigenvalue weighted by Crippen LogP contribution is -2.18. The molecular formula is C13H15Cl2N. The van der Waals surface area contributed by atoms with Crippen LogP contribution in [0.15, 0.2) is 23.8 Å². The average molecular weight is 256 g/mol. The molecule has 2 rings (SSSR count). The first-order valence-corrected chi connectivity index (χ1v) is 6.26. The first kappa shape index (κ1) is 12.0. The Morgan fingerprint density at radius 1 is 1.44 bits per heavy atom. The average Bonchev–Trinajstić information content (AvgIpc) is 3.03. The summed E-state index contributed by atoms with van der Waals surface area (Å²) in [6.45, 7) is 3.05. The van der Waals surface area contributed by atoms with Crippen LogP contribution >= 0.6 is 23.2 Å². The zero-order chi connectivity index (χ0) is 11.5. The Labute approximate surface area is 106 Å². The molecule has 0 atom stereocenters. The Kier molecular flexibility index (Phi) is 3.91. The van der Waals surface area contributed by atoms with Gasteiger partial charge in [0.05, 0.1) is 0 Å². The Morgan fingerprint density at radius 3 is 2.81 bits per heavy atom. The second-order valence-corrected chi connectivity index (χ2v) is 5.16. The topological polar surface area (TPSA) is 12.0 Å². The minimum absolute atomic E-state index is 0.677. The van der Waals surface area contributed by atoms with Crippen LogP contribution in [-0.2, 0) is 0 Å². The molecule has 1 aliphatic rings. The van der Waals surface area contributed by atoms with Crippen molar-refractivity contribution in [2.24, 2.45) is 0 Å². The number of hydrogen-bond donors (Lipinski definition) is 1. The largest absolute Gasteiger partial charge is 0.310 e. The van der Waals surface area contributed by atoms with Crippen molar-refractivity contribution >= 4 is 29.3 Å². The Balaban J connectivity index is 2.01. The van der Waals surface area contributed by atoms with Crippen molar-refractivity contribution in [3.8, 4) is 0 Å². The number of rotatable bonds is 4. The molecular weight excluding hydrogens is 241 g/mol. The Morgan fingerprint density at radius 2 is 2.19 bits per heavy atom. The van der Waals surface area contributed by atoms with Gasteiger partial charge in [-0.25, -0.2) is 0 Å². The third-order valence-corrected chi connectivity index (χ3v) is 3.17. The van der Waals surface area contributed by atoms with Gasteiger partial charge < -0.3 is 5.32 Å². The SMILES string of the molecule is CC(=Cc1ccc(Cl)cc1Cl)CNC1CC1. The molecule has 0 radical (unpaired) electrons. The van der Waals surface area contributed by atoms with Crippen molar-refractivity contribution in [3.63, 3.8) is 0 Å². The molecule has 1 N–H and O–H groups in total. The molecule has 3 heteroatoms. The van der Waals surface area contributed by atoms with Gasteiger partial charge in [-0.1, -0.05) is 40.9 Å². The van der Waals surface area contributed by atoms with E-state index in [0.29, 0.717) is 10.0 Å². The van der Waals surface area contributed by atoms with Crippen molar-refractivity contribution in [1.82, 2.24) is 5.32 Å². The van der Waals surface area contributed by atoms with Gasteiger partial charge in [0.2, 0.25) is 0 Å². The predicted octanol–water partition coefficient (Wildman–Crippen LogP) is 4.15. The highest BCUT2D eigenvalue weighted by Gasteiger charge is 2.19. The molecule has 16 heavy (non-hydrogen) atoms. The summed E-state index contributed by atoms with van der Waals surface area (Å²) in [6, 6.07) is 6.33. The van der Waals surface area contributed by atoms with Crippen LogP contribution in [0.25, 0.3) is 6.08 Å². The van der Waals surface area contributed by atoms with Crippen molar-refractivity contribution in [1.29, 1.82) is 0 Å². The zero-order valence-electron chi connectivity index (χ0n) is 9.26. The molecule has 0 heterocycles. The summed E-state index contributed by atoms with van der Waals surface area (Å²) in [5.74, 6) is 0. The van der Waals surface area contributed by atoms with E-state index >= 15 is 0 Å². The maximum Gasteiger partial charge on any atom is 0.0493 e. The third-order valence-electron chi connectivity index (χ3n) is 2.61. The molecule has 1 aromatic carbocycles. The lowest BCUT2D eigenvalue weighted by atomic mass is 10.1. The highest BCUT2D eigenvalue weighted by Crippen LogP contribution is 2.23. The summed E-state index contributed by atoms with van der Waals surface area (Å²) in [5.41, 5.74) is 2.32. The number of benzene rings is 1. The molecule has 0 unspecified atom stereocenters. The molecule has 1 aromatic rings. The van der Waals surface area contributed by atoms with E-state index in [1.165, 1.54) is 18.4 Å². The summed E-state index contributed by atoms with van der Waals surface area (Å²) in [5, 5.41) is 4.85. The highest BCUT2D eigenvalue weighted by molar-refractivity contribution is 6.35. The molecule has 0 aromatic heterocycles. The van der Waals surface area contributed by atoms with Gasteiger partial charge in [0, 0.05) is 22.6 Å². The van der Waals surface area contributed by atoms with Crippen molar-refractivity contribution in [2.45, 2.75) is 25.8 Å². The third kappa shape index (κ3) is 3.51. The van der Waals surface area contributed by atoms with Gasteiger partial charge in [0.1, 0.15) is 0 Å². The van der Waals surface area contributed by atoms with Gasteiger partial charge in [-0.3, -0.25) is 0 Å². The van der Waals surface area contributed by atoms with Gasteiger partial charge in [-0.2, -0.15) is 0 Å². The summed E-state index contributed by atoms with van der Waals surface area (Å²) in [7, 11) is 0. The van der Waals surface area contributed by atoms with Crippen LogP contribution in [0.2, 0.25) is 10.0 Å². The smallest absolute Gasteiger partial charge is 0.0493 e. The Hall–Kier alpha value is -0.500. The minimum atomic E-state index is 0.677. The van der Waals surface area contributed by atoms with E-state index in [2.05, 4.69) is 18.3 Å². The fraction of sp³-hybridized carbons (Fsp3) is 0.385. The van der Waals surface area contributed by atoms with Crippen molar-refractivity contribution < 1.29 is 0 Å². The van der Waals surface area contributed by atoms with Crippen LogP contribution in [0.5, 0.6) is 0 Å². The molecule has 0 saturated heterocycles. The van der Waals surface area contributed by atoms with E-state index in [0.717, 1.165) is 18.2 Å². The van der Waals surface area contributed by atoms with E-state index in [-0.39, 0.29) is 0 Å². The predicted molar refractivity (Wildman–Crippen MR) is 71.1 cm³/mol. The van der Waals surface area contributed by atoms with Gasteiger partial charge in [-0.15, -0.1) is 0 Å². The molecule has 1 aliphatic carbocycles. The lowest BCUT2D eigenvalue weighted by molar-refractivity contribution is 0.736. The monoisotopic (exact) mass is 255 g/mol. The number of hydrogen-bond acceptors (Lipinski definition) is 1. The maximum atomic E-state index is 6.10. The molecule has 1 nitrogen and oxygen atoms in total. The summed E-state index contributed by atoms with van der Waals surface area (Å²) >= 11 is 11.9. The number of nitrogens with one attached hydrogen (secondary N) is 1.